The first-order valence-electron chi connectivity index (χ1n) is 11.7. The Morgan fingerprint density at radius 3 is 2.42 bits per heavy atom. The molecule has 4 rings (SSSR count). The van der Waals surface area contributed by atoms with Gasteiger partial charge in [0.25, 0.3) is 5.91 Å². The number of aromatic nitrogens is 2. The summed E-state index contributed by atoms with van der Waals surface area (Å²) in [6, 6.07) is 20.3. The molecule has 36 heavy (non-hydrogen) atoms. The Labute approximate surface area is 215 Å². The zero-order valence-corrected chi connectivity index (χ0v) is 21.0. The number of anilines is 1. The average Bonchev–Trinajstić information content (AvgIpc) is 3.31. The smallest absolute Gasteiger partial charge is 0.255 e. The highest BCUT2D eigenvalue weighted by molar-refractivity contribution is 6.30. The van der Waals surface area contributed by atoms with E-state index in [1.54, 1.807) is 41.3 Å². The van der Waals surface area contributed by atoms with E-state index in [1.165, 1.54) is 0 Å². The number of ether oxygens (including phenoxy) is 3. The fourth-order valence-electron chi connectivity index (χ4n) is 3.57. The molecule has 1 N–H and O–H groups in total. The van der Waals surface area contributed by atoms with Crippen LogP contribution >= 0.6 is 11.6 Å². The van der Waals surface area contributed by atoms with Crippen molar-refractivity contribution in [1.82, 2.24) is 9.78 Å². The second-order valence-electron chi connectivity index (χ2n) is 7.97. The van der Waals surface area contributed by atoms with Crippen LogP contribution in [-0.4, -0.2) is 28.9 Å². The van der Waals surface area contributed by atoms with Crippen molar-refractivity contribution in [3.05, 3.63) is 101 Å². The number of rotatable bonds is 11. The molecule has 0 aliphatic rings. The summed E-state index contributed by atoms with van der Waals surface area (Å²) in [5.41, 5.74) is 3.12. The topological polar surface area (TPSA) is 74.6 Å². The number of carbonyl (C=O) groups excluding carboxylic acids is 1. The normalized spacial score (nSPS) is 10.6. The van der Waals surface area contributed by atoms with E-state index in [4.69, 9.17) is 25.8 Å². The van der Waals surface area contributed by atoms with Crippen LogP contribution in [-0.2, 0) is 13.2 Å². The predicted molar refractivity (Wildman–Crippen MR) is 140 cm³/mol. The van der Waals surface area contributed by atoms with Crippen LogP contribution in [0.3, 0.4) is 0 Å². The number of halogens is 1. The van der Waals surface area contributed by atoms with Gasteiger partial charge in [-0.3, -0.25) is 9.48 Å². The molecule has 1 aromatic heterocycles. The minimum absolute atomic E-state index is 0.212. The van der Waals surface area contributed by atoms with Crippen molar-refractivity contribution in [3.63, 3.8) is 0 Å². The third-order valence-corrected chi connectivity index (χ3v) is 5.50. The van der Waals surface area contributed by atoms with Gasteiger partial charge in [0.1, 0.15) is 12.4 Å². The largest absolute Gasteiger partial charge is 0.490 e. The van der Waals surface area contributed by atoms with Crippen LogP contribution in [0.2, 0.25) is 5.02 Å². The van der Waals surface area contributed by atoms with Crippen molar-refractivity contribution < 1.29 is 19.0 Å². The first kappa shape index (κ1) is 25.1. The van der Waals surface area contributed by atoms with Gasteiger partial charge in [-0.15, -0.1) is 0 Å². The van der Waals surface area contributed by atoms with Crippen molar-refractivity contribution in [2.24, 2.45) is 0 Å². The zero-order chi connectivity index (χ0) is 25.3. The van der Waals surface area contributed by atoms with E-state index in [1.807, 2.05) is 56.3 Å². The van der Waals surface area contributed by atoms with Gasteiger partial charge in [-0.05, 0) is 67.4 Å². The highest BCUT2D eigenvalue weighted by Crippen LogP contribution is 2.29. The van der Waals surface area contributed by atoms with E-state index in [9.17, 15) is 4.79 Å². The summed E-state index contributed by atoms with van der Waals surface area (Å²) < 4.78 is 18.8. The lowest BCUT2D eigenvalue weighted by Crippen LogP contribution is -2.11. The Morgan fingerprint density at radius 2 is 1.67 bits per heavy atom. The van der Waals surface area contributed by atoms with Crippen LogP contribution in [0, 0.1) is 0 Å². The molecule has 0 saturated carbocycles. The summed E-state index contributed by atoms with van der Waals surface area (Å²) >= 11 is 5.98. The molecule has 0 bridgehead atoms. The van der Waals surface area contributed by atoms with Gasteiger partial charge in [0.05, 0.1) is 31.6 Å². The van der Waals surface area contributed by atoms with Gasteiger partial charge in [0.15, 0.2) is 11.5 Å². The van der Waals surface area contributed by atoms with Gasteiger partial charge in [-0.2, -0.15) is 5.10 Å². The van der Waals surface area contributed by atoms with Gasteiger partial charge in [0.2, 0.25) is 0 Å². The molecular weight excluding hydrogens is 478 g/mol. The van der Waals surface area contributed by atoms with Gasteiger partial charge in [-0.25, -0.2) is 0 Å². The number of carbonyl (C=O) groups is 1. The van der Waals surface area contributed by atoms with Crippen molar-refractivity contribution in [2.75, 3.05) is 18.5 Å². The summed E-state index contributed by atoms with van der Waals surface area (Å²) in [5, 5.41) is 7.89. The van der Waals surface area contributed by atoms with Crippen molar-refractivity contribution in [1.29, 1.82) is 0 Å². The molecule has 0 fully saturated rings. The number of hydrogen-bond acceptors (Lipinski definition) is 5. The van der Waals surface area contributed by atoms with E-state index in [-0.39, 0.29) is 5.91 Å². The molecule has 4 aromatic rings. The molecule has 0 spiro atoms. The number of amides is 1. The van der Waals surface area contributed by atoms with Gasteiger partial charge in [-0.1, -0.05) is 35.9 Å². The predicted octanol–water partition coefficient (Wildman–Crippen LogP) is 6.21. The first-order valence-corrected chi connectivity index (χ1v) is 12.1. The van der Waals surface area contributed by atoms with Gasteiger partial charge in [0, 0.05) is 16.8 Å². The van der Waals surface area contributed by atoms with E-state index >= 15 is 0 Å². The molecule has 186 valence electrons. The number of hydrogen-bond donors (Lipinski definition) is 1. The Kier molecular flexibility index (Phi) is 8.47. The minimum atomic E-state index is -0.212. The number of nitrogens with one attached hydrogen (secondary N) is 1. The second-order valence-corrected chi connectivity index (χ2v) is 8.41. The molecule has 7 nitrogen and oxygen atoms in total. The summed E-state index contributed by atoms with van der Waals surface area (Å²) in [5.74, 6) is 1.91. The van der Waals surface area contributed by atoms with Crippen molar-refractivity contribution in [3.8, 4) is 17.2 Å². The Hall–Kier alpha value is -3.97. The molecule has 0 aliphatic carbocycles. The Bertz CT molecular complexity index is 1300. The summed E-state index contributed by atoms with van der Waals surface area (Å²) in [7, 11) is 0. The maximum absolute atomic E-state index is 12.7. The molecule has 8 heteroatoms. The maximum Gasteiger partial charge on any atom is 0.255 e. The highest BCUT2D eigenvalue weighted by atomic mass is 35.5. The summed E-state index contributed by atoms with van der Waals surface area (Å²) in [6.45, 7) is 5.91. The third-order valence-electron chi connectivity index (χ3n) is 5.26. The van der Waals surface area contributed by atoms with Crippen LogP contribution in [0.5, 0.6) is 17.2 Å². The average molecular weight is 506 g/mol. The maximum atomic E-state index is 12.7. The number of nitrogens with zero attached hydrogens (tertiary/aromatic N) is 2. The third kappa shape index (κ3) is 6.79. The molecule has 1 amide bonds. The molecule has 1 heterocycles. The van der Waals surface area contributed by atoms with Crippen LogP contribution in [0.25, 0.3) is 0 Å². The first-order chi connectivity index (χ1) is 17.5. The lowest BCUT2D eigenvalue weighted by Gasteiger charge is -2.12. The van der Waals surface area contributed by atoms with Crippen molar-refractivity contribution in [2.45, 2.75) is 27.0 Å². The molecule has 0 saturated heterocycles. The molecule has 0 radical (unpaired) electrons. The molecule has 3 aromatic carbocycles. The zero-order valence-electron chi connectivity index (χ0n) is 20.2. The van der Waals surface area contributed by atoms with Gasteiger partial charge < -0.3 is 19.5 Å². The SMILES string of the molecule is CCOc1ccc(Cn2cc(NC(=O)c3ccc(COc4cccc(Cl)c4)cc3)cn2)cc1OCC. The van der Waals surface area contributed by atoms with E-state index in [0.29, 0.717) is 54.1 Å². The van der Waals surface area contributed by atoms with Gasteiger partial charge >= 0.3 is 0 Å². The molecule has 0 aliphatic heterocycles. The molecule has 0 unspecified atom stereocenters. The lowest BCUT2D eigenvalue weighted by atomic mass is 10.1. The standard InChI is InChI=1S/C28H28ClN3O4/c1-3-34-26-13-10-21(14-27(26)35-4-2)17-32-18-24(16-30-32)31-28(33)22-11-8-20(9-12-22)19-36-25-7-5-6-23(29)15-25/h5-16,18H,3-4,17,19H2,1-2H3,(H,31,33). The fraction of sp³-hybridized carbons (Fsp3) is 0.214. The highest BCUT2D eigenvalue weighted by Gasteiger charge is 2.10. The lowest BCUT2D eigenvalue weighted by molar-refractivity contribution is 0.102. The van der Waals surface area contributed by atoms with E-state index < -0.39 is 0 Å². The van der Waals surface area contributed by atoms with E-state index in [0.717, 1.165) is 16.9 Å². The summed E-state index contributed by atoms with van der Waals surface area (Å²) in [4.78, 5) is 12.7. The molecular formula is C28H28ClN3O4. The van der Waals surface area contributed by atoms with Crippen LogP contribution in [0.1, 0.15) is 35.3 Å². The molecule has 0 atom stereocenters. The Balaban J connectivity index is 1.33. The van der Waals surface area contributed by atoms with Crippen LogP contribution in [0.4, 0.5) is 5.69 Å². The summed E-state index contributed by atoms with van der Waals surface area (Å²) in [6.07, 6.45) is 3.42. The van der Waals surface area contributed by atoms with E-state index in [2.05, 4.69) is 10.4 Å². The van der Waals surface area contributed by atoms with Crippen LogP contribution in [0.15, 0.2) is 79.1 Å². The monoisotopic (exact) mass is 505 g/mol. The van der Waals surface area contributed by atoms with Crippen molar-refractivity contribution >= 4 is 23.2 Å². The Morgan fingerprint density at radius 1 is 0.917 bits per heavy atom. The number of benzene rings is 3. The second kappa shape index (κ2) is 12.1. The minimum Gasteiger partial charge on any atom is -0.490 e. The van der Waals surface area contributed by atoms with Crippen LogP contribution < -0.4 is 19.5 Å². The fourth-order valence-corrected chi connectivity index (χ4v) is 3.75. The quantitative estimate of drug-likeness (QED) is 0.262.